The molecule has 0 aliphatic rings. The molecule has 0 fully saturated rings. The van der Waals surface area contributed by atoms with Gasteiger partial charge in [0.1, 0.15) is 42.3 Å². The molecule has 24 nitrogen and oxygen atoms in total. The van der Waals surface area contributed by atoms with Gasteiger partial charge in [0.2, 0.25) is 41.4 Å². The van der Waals surface area contributed by atoms with Gasteiger partial charge in [0.05, 0.1) is 37.5 Å². The number of aliphatic hydroxyl groups is 1. The number of halogens is 1. The Morgan fingerprint density at radius 3 is 1.77 bits per heavy atom. The van der Waals surface area contributed by atoms with E-state index in [-0.39, 0.29) is 12.8 Å². The van der Waals surface area contributed by atoms with Crippen LogP contribution in [0.4, 0.5) is 4.39 Å². The van der Waals surface area contributed by atoms with E-state index in [2.05, 4.69) is 36.9 Å². The highest BCUT2D eigenvalue weighted by atomic mass is 19.1. The summed E-state index contributed by atoms with van der Waals surface area (Å²) in [7, 11) is 0. The van der Waals surface area contributed by atoms with E-state index in [0.29, 0.717) is 28.3 Å². The van der Waals surface area contributed by atoms with Crippen LogP contribution in [0.15, 0.2) is 54.7 Å². The van der Waals surface area contributed by atoms with Crippen LogP contribution in [0, 0.1) is 5.82 Å². The second kappa shape index (κ2) is 24.9. The van der Waals surface area contributed by atoms with Gasteiger partial charge in [-0.3, -0.25) is 47.9 Å². The maximum atomic E-state index is 14.0. The summed E-state index contributed by atoms with van der Waals surface area (Å²) in [6.07, 6.45) is -4.61. The maximum absolute atomic E-state index is 14.0. The number of nitrogens with two attached hydrogens (primary N) is 2. The molecule has 0 unspecified atom stereocenters. The monoisotopic (exact) mass is 927 g/mol. The molecule has 15 N–H and O–H groups in total. The van der Waals surface area contributed by atoms with Crippen molar-refractivity contribution in [1.82, 2.24) is 36.9 Å². The largest absolute Gasteiger partial charge is 0.481 e. The number of amides is 7. The average Bonchev–Trinajstić information content (AvgIpc) is 3.64. The molecule has 356 valence electrons. The van der Waals surface area contributed by atoms with Crippen molar-refractivity contribution >= 4 is 76.4 Å². The minimum atomic E-state index is -2.09. The standard InChI is InChI=1S/C41H50FN9O15/c1-19(53)35(51-36(61)25(43)9-10-32(55)56)41(66)50-28(14-31(44)54)39(64)49-30(16-34(59)60)40(65)47-27(13-21-17-45-26-8-3-2-7-24(21)26)38(63)48-29(15-33(57)58)37(62)46-23(18-52)12-20-5-4-6-22(42)11-20/h2-8,11,17-19,23,25,27-30,35,45,53H,9-10,12-16,43H2,1H3,(H2,44,54)(H,46,62)(H,47,65)(H,48,63)(H,49,64)(H,50,66)(H,51,61)(H,55,56)(H,57,58)(H,59,60)/t19-,23+,25+,27+,28+,29+,30+,35+/m1/s1. The summed E-state index contributed by atoms with van der Waals surface area (Å²) >= 11 is 0. The minimum Gasteiger partial charge on any atom is -0.481 e. The van der Waals surface area contributed by atoms with Crippen LogP contribution in [0.3, 0.4) is 0 Å². The Balaban J connectivity index is 1.91. The molecule has 25 heteroatoms. The number of aromatic nitrogens is 1. The summed E-state index contributed by atoms with van der Waals surface area (Å²) in [5.74, 6) is -13.8. The van der Waals surface area contributed by atoms with Crippen molar-refractivity contribution in [1.29, 1.82) is 0 Å². The molecule has 0 saturated carbocycles. The van der Waals surface area contributed by atoms with Crippen LogP contribution in [-0.4, -0.2) is 139 Å². The van der Waals surface area contributed by atoms with Crippen molar-refractivity contribution in [3.63, 3.8) is 0 Å². The van der Waals surface area contributed by atoms with Crippen LogP contribution in [0.2, 0.25) is 0 Å². The van der Waals surface area contributed by atoms with Crippen LogP contribution in [0.25, 0.3) is 10.9 Å². The molecule has 0 saturated heterocycles. The Morgan fingerprint density at radius 1 is 0.682 bits per heavy atom. The fourth-order valence-corrected chi connectivity index (χ4v) is 6.40. The molecule has 8 atom stereocenters. The van der Waals surface area contributed by atoms with Gasteiger partial charge in [0, 0.05) is 29.9 Å². The van der Waals surface area contributed by atoms with Gasteiger partial charge < -0.3 is 73.6 Å². The second-order valence-electron chi connectivity index (χ2n) is 15.0. The third-order valence-electron chi connectivity index (χ3n) is 9.70. The van der Waals surface area contributed by atoms with Crippen LogP contribution < -0.4 is 43.4 Å². The summed E-state index contributed by atoms with van der Waals surface area (Å²) < 4.78 is 13.8. The number of carbonyl (C=O) groups is 11. The lowest BCUT2D eigenvalue weighted by Crippen LogP contribution is -2.61. The molecule has 0 aliphatic carbocycles. The zero-order chi connectivity index (χ0) is 49.2. The van der Waals surface area contributed by atoms with E-state index >= 15 is 0 Å². The first-order valence-electron chi connectivity index (χ1n) is 20.0. The topological polar surface area (TPSA) is 409 Å². The van der Waals surface area contributed by atoms with Crippen molar-refractivity contribution in [2.75, 3.05) is 0 Å². The first-order valence-corrected chi connectivity index (χ1v) is 20.0. The Morgan fingerprint density at radius 2 is 1.23 bits per heavy atom. The molecule has 3 rings (SSSR count). The van der Waals surface area contributed by atoms with E-state index in [1.54, 1.807) is 24.3 Å². The van der Waals surface area contributed by atoms with E-state index in [4.69, 9.17) is 16.6 Å². The molecule has 0 aliphatic heterocycles. The Bertz CT molecular complexity index is 2300. The molecular formula is C41H50FN9O15. The Hall–Kier alpha value is -7.80. The average molecular weight is 928 g/mol. The Labute approximate surface area is 373 Å². The molecule has 0 bridgehead atoms. The van der Waals surface area contributed by atoms with Gasteiger partial charge in [-0.2, -0.15) is 0 Å². The van der Waals surface area contributed by atoms with Crippen molar-refractivity contribution in [2.45, 2.75) is 100 Å². The number of H-pyrrole nitrogens is 1. The number of carboxylic acids is 3. The van der Waals surface area contributed by atoms with Gasteiger partial charge in [-0.05, 0) is 49.1 Å². The predicted molar refractivity (Wildman–Crippen MR) is 225 cm³/mol. The van der Waals surface area contributed by atoms with Gasteiger partial charge in [0.25, 0.3) is 0 Å². The molecule has 66 heavy (non-hydrogen) atoms. The smallest absolute Gasteiger partial charge is 0.305 e. The summed E-state index contributed by atoms with van der Waals surface area (Å²) in [5, 5.41) is 52.1. The summed E-state index contributed by atoms with van der Waals surface area (Å²) in [6.45, 7) is 1.06. The van der Waals surface area contributed by atoms with Crippen molar-refractivity contribution in [3.8, 4) is 0 Å². The number of rotatable bonds is 27. The highest BCUT2D eigenvalue weighted by Gasteiger charge is 2.36. The SMILES string of the molecule is C[C@@H](O)[C@H](NC(=O)[C@@H](N)CCC(=O)O)C(=O)N[C@@H](CC(N)=O)C(=O)N[C@@H](CC(=O)O)C(=O)N[C@@H](Cc1c[nH]c2ccccc12)C(=O)N[C@@H](CC(=O)O)C(=O)N[C@H](C=O)Cc1cccc(F)c1. The number of hydrogen-bond acceptors (Lipinski definition) is 13. The highest BCUT2D eigenvalue weighted by Crippen LogP contribution is 2.20. The van der Waals surface area contributed by atoms with Crippen LogP contribution in [0.5, 0.6) is 0 Å². The van der Waals surface area contributed by atoms with Gasteiger partial charge in [-0.1, -0.05) is 30.3 Å². The lowest BCUT2D eigenvalue weighted by Gasteiger charge is -2.27. The van der Waals surface area contributed by atoms with Crippen molar-refractivity contribution in [2.24, 2.45) is 11.5 Å². The molecule has 3 aromatic rings. The number of nitrogens with one attached hydrogen (secondary N) is 7. The second-order valence-corrected chi connectivity index (χ2v) is 15.0. The third kappa shape index (κ3) is 16.7. The minimum absolute atomic E-state index is 0.219. The molecule has 0 radical (unpaired) electrons. The number of carboxylic acid groups (broad SMARTS) is 3. The number of aromatic amines is 1. The third-order valence-corrected chi connectivity index (χ3v) is 9.70. The van der Waals surface area contributed by atoms with Gasteiger partial charge >= 0.3 is 17.9 Å². The van der Waals surface area contributed by atoms with Crippen LogP contribution in [-0.2, 0) is 65.6 Å². The fraction of sp³-hybridized carbons (Fsp3) is 0.390. The zero-order valence-electron chi connectivity index (χ0n) is 35.2. The molecule has 1 heterocycles. The van der Waals surface area contributed by atoms with E-state index in [1.807, 2.05) is 0 Å². The number of aldehydes is 1. The number of hydrogen-bond donors (Lipinski definition) is 13. The first kappa shape index (κ1) is 52.5. The fourth-order valence-electron chi connectivity index (χ4n) is 6.40. The Kier molecular flexibility index (Phi) is 19.8. The highest BCUT2D eigenvalue weighted by molar-refractivity contribution is 6.00. The predicted octanol–water partition coefficient (Wildman–Crippen LogP) is -3.40. The van der Waals surface area contributed by atoms with Gasteiger partial charge in [-0.25, -0.2) is 4.39 Å². The molecule has 1 aromatic heterocycles. The lowest BCUT2D eigenvalue weighted by molar-refractivity contribution is -0.142. The molecular weight excluding hydrogens is 877 g/mol. The van der Waals surface area contributed by atoms with Crippen LogP contribution >= 0.6 is 0 Å². The maximum Gasteiger partial charge on any atom is 0.305 e. The lowest BCUT2D eigenvalue weighted by atomic mass is 10.0. The van der Waals surface area contributed by atoms with Crippen molar-refractivity contribution in [3.05, 3.63) is 71.7 Å². The number of para-hydroxylation sites is 1. The van der Waals surface area contributed by atoms with Gasteiger partial charge in [-0.15, -0.1) is 0 Å². The van der Waals surface area contributed by atoms with Gasteiger partial charge in [0.15, 0.2) is 0 Å². The van der Waals surface area contributed by atoms with E-state index < -0.39 is 146 Å². The van der Waals surface area contributed by atoms with E-state index in [9.17, 15) is 72.4 Å². The quantitative estimate of drug-likeness (QED) is 0.0331. The van der Waals surface area contributed by atoms with Crippen LogP contribution in [0.1, 0.15) is 50.2 Å². The summed E-state index contributed by atoms with van der Waals surface area (Å²) in [5.41, 5.74) is 12.2. The van der Waals surface area contributed by atoms with E-state index in [1.165, 1.54) is 18.3 Å². The van der Waals surface area contributed by atoms with Crippen molar-refractivity contribution < 1.29 is 77.6 Å². The number of fused-ring (bicyclic) bond motifs is 1. The first-order chi connectivity index (χ1) is 31.1. The summed E-state index contributed by atoms with van der Waals surface area (Å²) in [6, 6.07) is -0.601. The number of benzene rings is 2. The number of aliphatic carboxylic acids is 3. The molecule has 2 aromatic carbocycles. The molecule has 0 spiro atoms. The number of primary amides is 1. The normalized spacial score (nSPS) is 14.6. The summed E-state index contributed by atoms with van der Waals surface area (Å²) in [4.78, 5) is 143. The molecule has 7 amide bonds. The van der Waals surface area contributed by atoms with E-state index in [0.717, 1.165) is 19.1 Å². The zero-order valence-corrected chi connectivity index (χ0v) is 35.2. The number of carbonyl (C=O) groups excluding carboxylic acids is 8. The number of aliphatic hydroxyl groups excluding tert-OH is 1.